The van der Waals surface area contributed by atoms with Crippen LogP contribution in [-0.4, -0.2) is 205 Å². The maximum absolute atomic E-state index is 13.2. The summed E-state index contributed by atoms with van der Waals surface area (Å²) in [5.74, 6) is 31.6. The molecule has 4 aromatic heterocycles. The molecule has 10 heterocycles. The normalized spacial score (nSPS) is 15.3. The molecule has 6 aliphatic heterocycles. The van der Waals surface area contributed by atoms with Crippen LogP contribution in [0, 0.1) is 83.4 Å². The highest BCUT2D eigenvalue weighted by Crippen LogP contribution is 2.41. The topological polar surface area (TPSA) is 436 Å². The molecule has 0 saturated carbocycles. The van der Waals surface area contributed by atoms with Gasteiger partial charge in [-0.05, 0) is 231 Å². The molecule has 4 saturated heterocycles. The molecule has 0 aliphatic carbocycles. The van der Waals surface area contributed by atoms with Crippen LogP contribution in [0.2, 0.25) is 0 Å². The summed E-state index contributed by atoms with van der Waals surface area (Å²) in [4.78, 5) is 147. The zero-order valence-corrected chi connectivity index (χ0v) is 83.2. The van der Waals surface area contributed by atoms with Crippen LogP contribution in [0.3, 0.4) is 0 Å². The summed E-state index contributed by atoms with van der Waals surface area (Å²) in [5, 5.41) is 38.3. The predicted molar refractivity (Wildman–Crippen MR) is 545 cm³/mol. The molecule has 31 nitrogen and oxygen atoms in total. The SMILES string of the molecule is C#CC#CC#CC#CC#CC.CC(C)(O)C#Cc1cccc(COc2cc(-c3cnc(C4CCN(C(=O)CCOCCCCCCCCOc5cccc6c5C(=O)N(C5CCC(=O)NC5=O)C6=O)CC4)s3)cnc2N)c1.CC(C)(O)C#Cc1cccc(COc2cc(-c3cnc(C4CCNCC4)s3)cnc2N)c1.O=C(O)CCOCCCCCCCCOc1cccc2c1C(=O)N(C1CCC(=O)NC1=O)C2=O.[2H]CF. The Hall–Kier alpha value is -14.6. The van der Waals surface area contributed by atoms with Gasteiger partial charge in [-0.1, -0.05) is 117 Å². The number of carbonyl (C=O) groups is 10. The number of carboxylic acid groups (broad SMARTS) is 1. The number of rotatable bonds is 38. The predicted octanol–water partition coefficient (Wildman–Crippen LogP) is 13.9. The summed E-state index contributed by atoms with van der Waals surface area (Å²) in [6, 6.07) is 26.9. The number of hydrogen-bond acceptors (Lipinski definition) is 27. The fourth-order valence-corrected chi connectivity index (χ4v) is 18.0. The largest absolute Gasteiger partial charge is 0.493 e. The van der Waals surface area contributed by atoms with Gasteiger partial charge in [-0.3, -0.25) is 72.8 Å². The molecule has 144 heavy (non-hydrogen) atoms. The molecule has 2 atom stereocenters. The van der Waals surface area contributed by atoms with Gasteiger partial charge < -0.3 is 65.4 Å². The summed E-state index contributed by atoms with van der Waals surface area (Å²) < 4.78 is 50.4. The number of nitrogens with zero attached hydrogens (tertiary/aromatic N) is 7. The second kappa shape index (κ2) is 57.5. The Bertz CT molecular complexity index is 6340. The van der Waals surface area contributed by atoms with E-state index in [0.29, 0.717) is 99.7 Å². The van der Waals surface area contributed by atoms with Crippen LogP contribution in [0.1, 0.15) is 263 Å². The summed E-state index contributed by atoms with van der Waals surface area (Å²) in [7, 11) is -1.00. The van der Waals surface area contributed by atoms with E-state index in [1.165, 1.54) is 5.01 Å². The number of amides is 9. The Kier molecular flexibility index (Phi) is 43.8. The van der Waals surface area contributed by atoms with Crippen molar-refractivity contribution in [1.82, 2.24) is 50.6 Å². The second-order valence-electron chi connectivity index (χ2n) is 35.2. The van der Waals surface area contributed by atoms with E-state index in [2.05, 4.69) is 108 Å². The number of likely N-dealkylation sites (tertiary alicyclic amines) is 1. The number of unbranched alkanes of at least 4 members (excludes halogenated alkanes) is 10. The number of alkyl halides is 1. The van der Waals surface area contributed by atoms with Crippen molar-refractivity contribution in [3.05, 3.63) is 176 Å². The number of halogens is 1. The van der Waals surface area contributed by atoms with E-state index >= 15 is 0 Å². The third kappa shape index (κ3) is 34.9. The number of pyridine rings is 2. The van der Waals surface area contributed by atoms with Gasteiger partial charge in [0, 0.05) is 98.0 Å². The lowest BCUT2D eigenvalue weighted by molar-refractivity contribution is -0.139. The molecule has 0 bridgehead atoms. The van der Waals surface area contributed by atoms with Gasteiger partial charge in [0.1, 0.15) is 48.0 Å². The highest BCUT2D eigenvalue weighted by molar-refractivity contribution is 7.15. The third-order valence-electron chi connectivity index (χ3n) is 23.2. The minimum atomic E-state index is -1.08. The molecule has 0 spiro atoms. The van der Waals surface area contributed by atoms with E-state index in [-0.39, 0.29) is 79.4 Å². The molecule has 9 amide bonds. The number of nitrogens with two attached hydrogens (primary N) is 2. The van der Waals surface area contributed by atoms with Crippen molar-refractivity contribution in [3.8, 4) is 127 Å². The average molecular weight is 2000 g/mol. The first-order chi connectivity index (χ1) is 69.9. The van der Waals surface area contributed by atoms with Crippen molar-refractivity contribution in [2.45, 2.75) is 224 Å². The lowest BCUT2D eigenvalue weighted by atomic mass is 9.97. The number of anilines is 2. The van der Waals surface area contributed by atoms with Gasteiger partial charge in [0.15, 0.2) is 23.1 Å². The van der Waals surface area contributed by atoms with Crippen LogP contribution in [-0.2, 0) is 51.5 Å². The van der Waals surface area contributed by atoms with Crippen molar-refractivity contribution >= 4 is 93.4 Å². The van der Waals surface area contributed by atoms with Gasteiger partial charge in [-0.25, -0.2) is 19.9 Å². The van der Waals surface area contributed by atoms with E-state index < -0.39 is 83.7 Å². The van der Waals surface area contributed by atoms with Crippen LogP contribution in [0.5, 0.6) is 23.0 Å². The summed E-state index contributed by atoms with van der Waals surface area (Å²) in [6.07, 6.45) is 28.2. The highest BCUT2D eigenvalue weighted by Gasteiger charge is 2.48. The fourth-order valence-electron chi connectivity index (χ4n) is 15.9. The Morgan fingerprint density at radius 1 is 0.507 bits per heavy atom. The molecule has 14 rings (SSSR count). The molecule has 6 aliphatic rings. The number of aliphatic carboxylic acids is 1. The molecule has 10 N–H and O–H groups in total. The van der Waals surface area contributed by atoms with Gasteiger partial charge in [0.25, 0.3) is 23.6 Å². The molecule has 2 unspecified atom stereocenters. The Balaban J connectivity index is 0.000000225. The first kappa shape index (κ1) is 110. The summed E-state index contributed by atoms with van der Waals surface area (Å²) in [6.45, 7) is 15.0. The second-order valence-corrected chi connectivity index (χ2v) is 37.3. The lowest BCUT2D eigenvalue weighted by Gasteiger charge is -2.31. The number of fused-ring (bicyclic) bond motifs is 2. The number of benzene rings is 4. The third-order valence-corrected chi connectivity index (χ3v) is 25.6. The number of carbonyl (C=O) groups excluding carboxylic acids is 9. The number of nitrogens with one attached hydrogen (secondary N) is 3. The van der Waals surface area contributed by atoms with Crippen molar-refractivity contribution in [2.24, 2.45) is 0 Å². The van der Waals surface area contributed by atoms with Crippen molar-refractivity contribution in [3.63, 3.8) is 0 Å². The minimum absolute atomic E-state index is 0.0271. The molecular weight excluding hydrogens is 1880 g/mol. The highest BCUT2D eigenvalue weighted by atomic mass is 32.1. The van der Waals surface area contributed by atoms with Crippen molar-refractivity contribution < 1.29 is 97.4 Å². The number of aromatic nitrogens is 4. The van der Waals surface area contributed by atoms with Crippen molar-refractivity contribution in [1.29, 1.82) is 0 Å². The van der Waals surface area contributed by atoms with E-state index in [0.717, 1.165) is 174 Å². The summed E-state index contributed by atoms with van der Waals surface area (Å²) in [5.41, 5.74) is 16.2. The number of ether oxygens (including phenoxy) is 6. The first-order valence-electron chi connectivity index (χ1n) is 48.6. The fraction of sp³-hybridized carbons (Fsp3) is 0.418. The lowest BCUT2D eigenvalue weighted by Crippen LogP contribution is -2.54. The number of aliphatic hydroxyl groups is 2. The van der Waals surface area contributed by atoms with Crippen LogP contribution in [0.4, 0.5) is 16.0 Å². The van der Waals surface area contributed by atoms with Gasteiger partial charge in [0.2, 0.25) is 29.5 Å². The molecule has 34 heteroatoms. The number of hydrogen-bond donors (Lipinski definition) is 8. The van der Waals surface area contributed by atoms with Crippen LogP contribution < -0.4 is 46.4 Å². The van der Waals surface area contributed by atoms with Crippen LogP contribution in [0.15, 0.2) is 122 Å². The molecule has 0 radical (unpaired) electrons. The molecular formula is C110H121FN12O19S2. The Morgan fingerprint density at radius 3 is 1.34 bits per heavy atom. The molecule has 4 aromatic carbocycles. The molecule has 754 valence electrons. The van der Waals surface area contributed by atoms with Crippen LogP contribution >= 0.6 is 22.7 Å². The zero-order chi connectivity index (χ0) is 104. The van der Waals surface area contributed by atoms with E-state index in [1.807, 2.05) is 78.0 Å². The maximum atomic E-state index is 13.2. The molecule has 4 fully saturated rings. The van der Waals surface area contributed by atoms with Gasteiger partial charge in [-0.2, -0.15) is 0 Å². The monoisotopic (exact) mass is 2000 g/mol. The number of nitrogen functional groups attached to an aromatic ring is 2. The van der Waals surface area contributed by atoms with E-state index in [9.17, 15) is 62.5 Å². The summed E-state index contributed by atoms with van der Waals surface area (Å²) >= 11 is 3.35. The number of thiazole rings is 2. The van der Waals surface area contributed by atoms with Gasteiger partial charge >= 0.3 is 5.97 Å². The first-order valence-corrected chi connectivity index (χ1v) is 49.5. The van der Waals surface area contributed by atoms with Crippen LogP contribution in [0.25, 0.3) is 20.9 Å². The quantitative estimate of drug-likeness (QED) is 0.0101. The van der Waals surface area contributed by atoms with E-state index in [1.54, 1.807) is 106 Å². The van der Waals surface area contributed by atoms with Crippen molar-refractivity contribution in [2.75, 3.05) is 84.4 Å². The smallest absolute Gasteiger partial charge is 0.305 e. The maximum Gasteiger partial charge on any atom is 0.305 e. The van der Waals surface area contributed by atoms with E-state index in [4.69, 9.17) is 57.8 Å². The Labute approximate surface area is 848 Å². The number of terminal acetylenes is 1. The number of carboxylic acids is 1. The number of imide groups is 4. The number of piperidine rings is 4. The molecule has 8 aromatic rings. The minimum Gasteiger partial charge on any atom is -0.493 e. The Morgan fingerprint density at radius 2 is 0.917 bits per heavy atom. The zero-order valence-electron chi connectivity index (χ0n) is 82.5. The standard InChI is InChI=1S/C49H56N6O9S.C25H28N4O2S.C24H30N2O8.C11H4.CH3F/c1-49(2,61)21-17-32-11-9-12-33(27-32)31-64-39-28-35(29-51-44(39)50)40-30-52-46(65-40)34-18-22-54(23-19-34)42(57)20-26-62-24-7-5-3-4-6-8-25-63-38-14-10-13-36-43(38)48(60)55(47(36)59)37-15-16-41(56)53-45(37)58;1-25(2,30)9-6-17-4-3-5-18(12-17)16-31-21-13-20(14-28-23(21)26)22-15-29-24(32-22)19-7-10-27-11-8-19;27-19-11-10-17(22(30)25-19)26-23(31)16-8-7-9-18(21(16)24(26)32)34-14-6-4-2-1-3-5-13-33-15-12-20(28)29;1-3-5-7-9-11-10-8-6-4-2;1-2/h9-14,27-30,34,37,61H,3-8,15-16,18-20,22-26,31H2,1-2H3,(H2,50,51)(H,53,56,58);3-5,12-15,19,27,30H,7-8,10-11,16H2,1-2H3,(H2,26,28);7-9,17H,1-6,10-15H2,(H,28,29)(H,25,27,30);1H,2H3;1H3/i;;;;1D. The van der Waals surface area contributed by atoms with Gasteiger partial charge in [0.05, 0.1) is 89.8 Å². The average Bonchev–Trinajstić information content (AvgIpc) is 1.60. The van der Waals surface area contributed by atoms with Gasteiger partial charge in [-0.15, -0.1) is 29.1 Å².